The zero-order chi connectivity index (χ0) is 15.2. The summed E-state index contributed by atoms with van der Waals surface area (Å²) >= 11 is 0. The lowest BCUT2D eigenvalue weighted by molar-refractivity contribution is 0.0871. The third kappa shape index (κ3) is 3.49. The molecule has 2 rings (SSSR count). The zero-order valence-corrected chi connectivity index (χ0v) is 12.6. The van der Waals surface area contributed by atoms with Gasteiger partial charge in [-0.25, -0.2) is 4.98 Å². The minimum absolute atomic E-state index is 0.0193. The molecule has 0 aliphatic heterocycles. The van der Waals surface area contributed by atoms with Crippen LogP contribution in [0.2, 0.25) is 0 Å². The lowest BCUT2D eigenvalue weighted by atomic mass is 10.1. The van der Waals surface area contributed by atoms with Crippen molar-refractivity contribution >= 4 is 22.5 Å². The molecule has 1 aromatic carbocycles. The largest absolute Gasteiger partial charge is 0.380 e. The van der Waals surface area contributed by atoms with Gasteiger partial charge in [-0.1, -0.05) is 24.3 Å². The maximum Gasteiger partial charge on any atom is 0.253 e. The van der Waals surface area contributed by atoms with Gasteiger partial charge in [0.1, 0.15) is 5.82 Å². The molecule has 112 valence electrons. The highest BCUT2D eigenvalue weighted by atomic mass is 16.5. The number of rotatable bonds is 6. The molecule has 2 aromatic rings. The zero-order valence-electron chi connectivity index (χ0n) is 12.6. The molecular formula is C16H21N3O2. The summed E-state index contributed by atoms with van der Waals surface area (Å²) in [6.45, 7) is 5.18. The number of aromatic nitrogens is 1. The molecule has 1 unspecified atom stereocenters. The van der Waals surface area contributed by atoms with Crippen LogP contribution in [0, 0.1) is 0 Å². The first-order valence-electron chi connectivity index (χ1n) is 7.10. The van der Waals surface area contributed by atoms with E-state index in [4.69, 9.17) is 4.74 Å². The van der Waals surface area contributed by atoms with E-state index in [9.17, 15) is 4.79 Å². The van der Waals surface area contributed by atoms with E-state index in [1.165, 1.54) is 0 Å². The minimum Gasteiger partial charge on any atom is -0.380 e. The maximum atomic E-state index is 12.3. The first kappa shape index (κ1) is 15.3. The minimum atomic E-state index is -0.134. The van der Waals surface area contributed by atoms with Crippen molar-refractivity contribution < 1.29 is 9.53 Å². The van der Waals surface area contributed by atoms with Crippen LogP contribution >= 0.6 is 0 Å². The van der Waals surface area contributed by atoms with E-state index >= 15 is 0 Å². The number of fused-ring (bicyclic) bond motifs is 1. The Balaban J connectivity index is 2.32. The molecule has 1 amide bonds. The van der Waals surface area contributed by atoms with E-state index in [0.29, 0.717) is 12.1 Å². The Hall–Kier alpha value is -2.14. The van der Waals surface area contributed by atoms with Crippen LogP contribution in [0.25, 0.3) is 10.8 Å². The molecule has 0 fully saturated rings. The maximum absolute atomic E-state index is 12.3. The molecule has 21 heavy (non-hydrogen) atoms. The fourth-order valence-electron chi connectivity index (χ4n) is 2.10. The molecule has 0 bridgehead atoms. The third-order valence-electron chi connectivity index (χ3n) is 3.34. The Morgan fingerprint density at radius 1 is 1.33 bits per heavy atom. The van der Waals surface area contributed by atoms with Crippen LogP contribution in [0.4, 0.5) is 5.82 Å². The van der Waals surface area contributed by atoms with Crippen LogP contribution < -0.4 is 10.6 Å². The number of anilines is 1. The quantitative estimate of drug-likeness (QED) is 0.856. The number of nitrogens with zero attached hydrogens (tertiary/aromatic N) is 1. The molecule has 0 spiro atoms. The average molecular weight is 287 g/mol. The normalized spacial score (nSPS) is 12.1. The highest BCUT2D eigenvalue weighted by Gasteiger charge is 2.13. The van der Waals surface area contributed by atoms with Crippen molar-refractivity contribution in [2.24, 2.45) is 0 Å². The van der Waals surface area contributed by atoms with Gasteiger partial charge in [-0.3, -0.25) is 4.79 Å². The average Bonchev–Trinajstić information content (AvgIpc) is 2.52. The highest BCUT2D eigenvalue weighted by molar-refractivity contribution is 6.09. The smallest absolute Gasteiger partial charge is 0.253 e. The van der Waals surface area contributed by atoms with Crippen molar-refractivity contribution in [3.8, 4) is 0 Å². The van der Waals surface area contributed by atoms with Gasteiger partial charge in [0.15, 0.2) is 0 Å². The van der Waals surface area contributed by atoms with Crippen LogP contribution in [0.3, 0.4) is 0 Å². The Kier molecular flexibility index (Phi) is 5.11. The molecule has 2 N–H and O–H groups in total. The van der Waals surface area contributed by atoms with Crippen LogP contribution in [0.15, 0.2) is 30.5 Å². The number of amides is 1. The van der Waals surface area contributed by atoms with E-state index in [1.807, 2.05) is 38.1 Å². The summed E-state index contributed by atoms with van der Waals surface area (Å²) in [6.07, 6.45) is 1.60. The molecule has 5 heteroatoms. The Morgan fingerprint density at radius 2 is 2.05 bits per heavy atom. The fraction of sp³-hybridized carbons (Fsp3) is 0.375. The SMILES string of the molecule is CCNc1ncc(C(=O)NCC(C)OC)c2ccccc12. The van der Waals surface area contributed by atoms with E-state index in [2.05, 4.69) is 15.6 Å². The number of carbonyl (C=O) groups is 1. The van der Waals surface area contributed by atoms with Gasteiger partial charge in [0.05, 0.1) is 11.7 Å². The summed E-state index contributed by atoms with van der Waals surface area (Å²) in [5.41, 5.74) is 0.579. The second-order valence-electron chi connectivity index (χ2n) is 4.85. The predicted octanol–water partition coefficient (Wildman–Crippen LogP) is 2.43. The van der Waals surface area contributed by atoms with Crippen LogP contribution in [0.1, 0.15) is 24.2 Å². The van der Waals surface area contributed by atoms with Gasteiger partial charge in [0.2, 0.25) is 0 Å². The first-order valence-corrected chi connectivity index (χ1v) is 7.10. The number of nitrogens with one attached hydrogen (secondary N) is 2. The fourth-order valence-corrected chi connectivity index (χ4v) is 2.10. The van der Waals surface area contributed by atoms with Crippen molar-refractivity contribution in [1.82, 2.24) is 10.3 Å². The number of carbonyl (C=O) groups excluding carboxylic acids is 1. The van der Waals surface area contributed by atoms with Gasteiger partial charge in [-0.05, 0) is 19.2 Å². The van der Waals surface area contributed by atoms with Gasteiger partial charge in [0.25, 0.3) is 5.91 Å². The van der Waals surface area contributed by atoms with Crippen LogP contribution in [0.5, 0.6) is 0 Å². The van der Waals surface area contributed by atoms with E-state index in [1.54, 1.807) is 13.3 Å². The second kappa shape index (κ2) is 7.04. The summed E-state index contributed by atoms with van der Waals surface area (Å²) in [4.78, 5) is 16.7. The molecule has 1 heterocycles. The molecule has 0 radical (unpaired) electrons. The lowest BCUT2D eigenvalue weighted by Gasteiger charge is -2.13. The molecule has 0 saturated carbocycles. The van der Waals surface area contributed by atoms with E-state index in [0.717, 1.165) is 23.1 Å². The third-order valence-corrected chi connectivity index (χ3v) is 3.34. The van der Waals surface area contributed by atoms with Gasteiger partial charge in [-0.15, -0.1) is 0 Å². The molecule has 0 aliphatic carbocycles. The molecule has 0 saturated heterocycles. The predicted molar refractivity (Wildman–Crippen MR) is 84.7 cm³/mol. The summed E-state index contributed by atoms with van der Waals surface area (Å²) in [5, 5.41) is 7.93. The Bertz CT molecular complexity index is 628. The summed E-state index contributed by atoms with van der Waals surface area (Å²) < 4.78 is 5.13. The van der Waals surface area contributed by atoms with Crippen molar-refractivity contribution in [3.05, 3.63) is 36.0 Å². The summed E-state index contributed by atoms with van der Waals surface area (Å²) in [5.74, 6) is 0.667. The van der Waals surface area contributed by atoms with Crippen molar-refractivity contribution in [2.75, 3.05) is 25.5 Å². The van der Waals surface area contributed by atoms with Crippen LogP contribution in [-0.2, 0) is 4.74 Å². The number of benzene rings is 1. The van der Waals surface area contributed by atoms with Crippen molar-refractivity contribution in [2.45, 2.75) is 20.0 Å². The number of hydrogen-bond acceptors (Lipinski definition) is 4. The van der Waals surface area contributed by atoms with Crippen molar-refractivity contribution in [1.29, 1.82) is 0 Å². The van der Waals surface area contributed by atoms with Gasteiger partial charge in [-0.2, -0.15) is 0 Å². The molecule has 5 nitrogen and oxygen atoms in total. The number of ether oxygens (including phenoxy) is 1. The number of hydrogen-bond donors (Lipinski definition) is 2. The van der Waals surface area contributed by atoms with E-state index in [-0.39, 0.29) is 12.0 Å². The number of methoxy groups -OCH3 is 1. The second-order valence-corrected chi connectivity index (χ2v) is 4.85. The van der Waals surface area contributed by atoms with Gasteiger partial charge < -0.3 is 15.4 Å². The Morgan fingerprint density at radius 3 is 2.71 bits per heavy atom. The molecular weight excluding hydrogens is 266 g/mol. The van der Waals surface area contributed by atoms with Crippen LogP contribution in [-0.4, -0.2) is 37.2 Å². The molecule has 1 atom stereocenters. The molecule has 1 aromatic heterocycles. The van der Waals surface area contributed by atoms with Gasteiger partial charge >= 0.3 is 0 Å². The Labute approximate surface area is 124 Å². The topological polar surface area (TPSA) is 63.2 Å². The van der Waals surface area contributed by atoms with Gasteiger partial charge in [0, 0.05) is 31.8 Å². The first-order chi connectivity index (χ1) is 10.2. The van der Waals surface area contributed by atoms with Crippen molar-refractivity contribution in [3.63, 3.8) is 0 Å². The highest BCUT2D eigenvalue weighted by Crippen LogP contribution is 2.24. The molecule has 0 aliphatic rings. The summed E-state index contributed by atoms with van der Waals surface area (Å²) in [7, 11) is 1.62. The monoisotopic (exact) mass is 287 g/mol. The number of pyridine rings is 1. The standard InChI is InChI=1S/C16H21N3O2/c1-4-17-15-13-8-6-5-7-12(13)14(10-18-15)16(20)19-9-11(2)21-3/h5-8,10-11H,4,9H2,1-3H3,(H,17,18)(H,19,20). The van der Waals surface area contributed by atoms with E-state index < -0.39 is 0 Å². The lowest BCUT2D eigenvalue weighted by Crippen LogP contribution is -2.31. The summed E-state index contributed by atoms with van der Waals surface area (Å²) in [6, 6.07) is 7.77.